The van der Waals surface area contributed by atoms with Crippen molar-refractivity contribution >= 4 is 39.6 Å². The second kappa shape index (κ2) is 9.55. The predicted molar refractivity (Wildman–Crippen MR) is 142 cm³/mol. The summed E-state index contributed by atoms with van der Waals surface area (Å²) >= 11 is 5.93. The Balaban J connectivity index is 1.40. The topological polar surface area (TPSA) is 77.1 Å². The van der Waals surface area contributed by atoms with Gasteiger partial charge in [0.15, 0.2) is 11.3 Å². The molecule has 0 saturated carbocycles. The van der Waals surface area contributed by atoms with Crippen LogP contribution in [0.5, 0.6) is 0 Å². The number of anilines is 1. The van der Waals surface area contributed by atoms with Crippen molar-refractivity contribution in [3.63, 3.8) is 0 Å². The van der Waals surface area contributed by atoms with Crippen LogP contribution in [0.15, 0.2) is 91.4 Å². The minimum absolute atomic E-state index is 0.0843. The standard InChI is InChI=1S/C28H18ClF3N6O/c29-19-13-33-37(16-19)15-17-5-3-8-20(11-17)35-27(39)23-14-34-38-25(28(30,31)32)12-24(36-26(23)38)22-10-4-7-18-6-1-2-9-21(18)22/h1-14,16H,15H2,(H,35,39). The average Bonchev–Trinajstić information content (AvgIpc) is 3.53. The van der Waals surface area contributed by atoms with E-state index in [1.54, 1.807) is 41.2 Å². The zero-order valence-corrected chi connectivity index (χ0v) is 20.8. The number of benzene rings is 3. The molecule has 6 aromatic rings. The molecule has 194 valence electrons. The van der Waals surface area contributed by atoms with Gasteiger partial charge in [-0.25, -0.2) is 9.50 Å². The maximum Gasteiger partial charge on any atom is 0.433 e. The first-order valence-electron chi connectivity index (χ1n) is 11.8. The number of carbonyl (C=O) groups is 1. The zero-order chi connectivity index (χ0) is 27.1. The van der Waals surface area contributed by atoms with Crippen LogP contribution in [0.25, 0.3) is 27.7 Å². The summed E-state index contributed by atoms with van der Waals surface area (Å²) in [5, 5.41) is 12.9. The summed E-state index contributed by atoms with van der Waals surface area (Å²) in [6, 6.07) is 20.7. The van der Waals surface area contributed by atoms with E-state index in [0.29, 0.717) is 27.3 Å². The molecule has 1 amide bonds. The van der Waals surface area contributed by atoms with Crippen molar-refractivity contribution in [3.05, 3.63) is 113 Å². The Hall–Kier alpha value is -4.70. The first-order chi connectivity index (χ1) is 18.8. The summed E-state index contributed by atoms with van der Waals surface area (Å²) in [7, 11) is 0. The van der Waals surface area contributed by atoms with E-state index in [2.05, 4.69) is 20.5 Å². The number of amides is 1. The Morgan fingerprint density at radius 3 is 2.54 bits per heavy atom. The first-order valence-corrected chi connectivity index (χ1v) is 12.2. The van der Waals surface area contributed by atoms with Crippen LogP contribution in [0.4, 0.5) is 18.9 Å². The normalized spacial score (nSPS) is 11.8. The fourth-order valence-corrected chi connectivity index (χ4v) is 4.63. The van der Waals surface area contributed by atoms with Gasteiger partial charge in [-0.1, -0.05) is 66.2 Å². The van der Waals surface area contributed by atoms with Gasteiger partial charge in [0.1, 0.15) is 5.56 Å². The fraction of sp³-hybridized carbons (Fsp3) is 0.0714. The lowest BCUT2D eigenvalue weighted by Gasteiger charge is -2.13. The van der Waals surface area contributed by atoms with Crippen LogP contribution in [-0.4, -0.2) is 30.3 Å². The molecule has 3 heterocycles. The lowest BCUT2D eigenvalue weighted by Crippen LogP contribution is -2.16. The highest BCUT2D eigenvalue weighted by molar-refractivity contribution is 6.30. The third kappa shape index (κ3) is 4.82. The smallest absolute Gasteiger partial charge is 0.322 e. The minimum atomic E-state index is -4.73. The molecule has 0 unspecified atom stereocenters. The second-order valence-electron chi connectivity index (χ2n) is 8.86. The number of hydrogen-bond donors (Lipinski definition) is 1. The van der Waals surface area contributed by atoms with Gasteiger partial charge in [-0.15, -0.1) is 0 Å². The molecule has 0 aliphatic rings. The molecule has 6 rings (SSSR count). The Morgan fingerprint density at radius 1 is 0.949 bits per heavy atom. The van der Waals surface area contributed by atoms with Gasteiger partial charge in [-0.05, 0) is 34.5 Å². The Labute approximate surface area is 224 Å². The van der Waals surface area contributed by atoms with Crippen molar-refractivity contribution < 1.29 is 18.0 Å². The van der Waals surface area contributed by atoms with Crippen LogP contribution in [-0.2, 0) is 12.7 Å². The molecule has 3 aromatic carbocycles. The van der Waals surface area contributed by atoms with Crippen LogP contribution in [0.2, 0.25) is 5.02 Å². The summed E-state index contributed by atoms with van der Waals surface area (Å²) in [5.74, 6) is -0.639. The molecule has 3 aromatic heterocycles. The van der Waals surface area contributed by atoms with Gasteiger partial charge in [-0.2, -0.15) is 23.4 Å². The summed E-state index contributed by atoms with van der Waals surface area (Å²) in [6.45, 7) is 0.415. The highest BCUT2D eigenvalue weighted by Gasteiger charge is 2.36. The lowest BCUT2D eigenvalue weighted by atomic mass is 10.0. The second-order valence-corrected chi connectivity index (χ2v) is 9.29. The molecule has 0 aliphatic heterocycles. The van der Waals surface area contributed by atoms with Crippen LogP contribution in [0, 0.1) is 0 Å². The van der Waals surface area contributed by atoms with Crippen molar-refractivity contribution in [1.29, 1.82) is 0 Å². The predicted octanol–water partition coefficient (Wildman–Crippen LogP) is 6.72. The van der Waals surface area contributed by atoms with Crippen molar-refractivity contribution in [2.45, 2.75) is 12.7 Å². The van der Waals surface area contributed by atoms with E-state index in [9.17, 15) is 18.0 Å². The number of nitrogens with one attached hydrogen (secondary N) is 1. The van der Waals surface area contributed by atoms with E-state index in [1.165, 1.54) is 6.20 Å². The third-order valence-electron chi connectivity index (χ3n) is 6.20. The number of carbonyl (C=O) groups excluding carboxylic acids is 1. The number of alkyl halides is 3. The molecule has 0 fully saturated rings. The number of aromatic nitrogens is 5. The average molecular weight is 547 g/mol. The summed E-state index contributed by atoms with van der Waals surface area (Å²) < 4.78 is 44.6. The van der Waals surface area contributed by atoms with E-state index in [-0.39, 0.29) is 16.9 Å². The molecular formula is C28H18ClF3N6O. The summed E-state index contributed by atoms with van der Waals surface area (Å²) in [6.07, 6.45) is -0.449. The molecule has 0 spiro atoms. The number of halogens is 4. The van der Waals surface area contributed by atoms with Crippen molar-refractivity contribution in [2.75, 3.05) is 5.32 Å². The third-order valence-corrected chi connectivity index (χ3v) is 6.40. The largest absolute Gasteiger partial charge is 0.433 e. The first kappa shape index (κ1) is 24.6. The molecule has 39 heavy (non-hydrogen) atoms. The molecule has 7 nitrogen and oxygen atoms in total. The van der Waals surface area contributed by atoms with Gasteiger partial charge in [0, 0.05) is 17.4 Å². The molecule has 0 radical (unpaired) electrons. The van der Waals surface area contributed by atoms with Gasteiger partial charge < -0.3 is 5.32 Å². The molecule has 11 heteroatoms. The van der Waals surface area contributed by atoms with Gasteiger partial charge in [0.25, 0.3) is 5.91 Å². The Kier molecular flexibility index (Phi) is 6.03. The highest BCUT2D eigenvalue weighted by Crippen LogP contribution is 2.35. The molecule has 0 aliphatic carbocycles. The Bertz CT molecular complexity index is 1850. The quantitative estimate of drug-likeness (QED) is 0.260. The van der Waals surface area contributed by atoms with Gasteiger partial charge in [0.05, 0.1) is 29.7 Å². The molecule has 0 saturated heterocycles. The zero-order valence-electron chi connectivity index (χ0n) is 20.0. The van der Waals surface area contributed by atoms with Crippen LogP contribution in [0.1, 0.15) is 21.6 Å². The molecule has 0 bridgehead atoms. The number of rotatable bonds is 5. The van der Waals surface area contributed by atoms with E-state index in [1.807, 2.05) is 36.4 Å². The number of hydrogen-bond acceptors (Lipinski definition) is 4. The summed E-state index contributed by atoms with van der Waals surface area (Å²) in [5.41, 5.74) is 0.564. The number of fused-ring (bicyclic) bond motifs is 2. The maximum atomic E-state index is 14.1. The van der Waals surface area contributed by atoms with Gasteiger partial charge in [-0.3, -0.25) is 9.48 Å². The molecule has 0 atom stereocenters. The monoisotopic (exact) mass is 546 g/mol. The maximum absolute atomic E-state index is 14.1. The van der Waals surface area contributed by atoms with E-state index < -0.39 is 17.8 Å². The van der Waals surface area contributed by atoms with E-state index in [4.69, 9.17) is 11.6 Å². The van der Waals surface area contributed by atoms with Gasteiger partial charge >= 0.3 is 6.18 Å². The van der Waals surface area contributed by atoms with E-state index >= 15 is 0 Å². The fourth-order valence-electron chi connectivity index (χ4n) is 4.47. The van der Waals surface area contributed by atoms with Gasteiger partial charge in [0.2, 0.25) is 0 Å². The lowest BCUT2D eigenvalue weighted by molar-refractivity contribution is -0.142. The van der Waals surface area contributed by atoms with Crippen molar-refractivity contribution in [3.8, 4) is 11.3 Å². The Morgan fingerprint density at radius 2 is 1.74 bits per heavy atom. The van der Waals surface area contributed by atoms with E-state index in [0.717, 1.165) is 28.6 Å². The van der Waals surface area contributed by atoms with Crippen LogP contribution in [0.3, 0.4) is 0 Å². The highest BCUT2D eigenvalue weighted by atomic mass is 35.5. The summed E-state index contributed by atoms with van der Waals surface area (Å²) in [4.78, 5) is 17.7. The van der Waals surface area contributed by atoms with Crippen LogP contribution >= 0.6 is 11.6 Å². The van der Waals surface area contributed by atoms with Crippen molar-refractivity contribution in [1.82, 2.24) is 24.4 Å². The SMILES string of the molecule is O=C(Nc1cccc(Cn2cc(Cl)cn2)c1)c1cnn2c(C(F)(F)F)cc(-c3cccc4ccccc34)nc12. The molecule has 1 N–H and O–H groups in total. The van der Waals surface area contributed by atoms with Crippen molar-refractivity contribution in [2.24, 2.45) is 0 Å². The van der Waals surface area contributed by atoms with Crippen LogP contribution < -0.4 is 5.32 Å². The number of nitrogens with zero attached hydrogens (tertiary/aromatic N) is 5. The minimum Gasteiger partial charge on any atom is -0.322 e. The molecular weight excluding hydrogens is 529 g/mol.